The highest BCUT2D eigenvalue weighted by Crippen LogP contribution is 2.51. The van der Waals surface area contributed by atoms with E-state index in [1.54, 1.807) is 20.8 Å². The van der Waals surface area contributed by atoms with Crippen LogP contribution < -0.4 is 16.0 Å². The van der Waals surface area contributed by atoms with Gasteiger partial charge in [-0.25, -0.2) is 0 Å². The topological polar surface area (TPSA) is 131 Å². The summed E-state index contributed by atoms with van der Waals surface area (Å²) in [5.74, 6) is -4.30. The smallest absolute Gasteiger partial charge is 0.356 e. The first-order valence-corrected chi connectivity index (χ1v) is 13.1. The summed E-state index contributed by atoms with van der Waals surface area (Å²) in [5.41, 5.74) is -1.07. The van der Waals surface area contributed by atoms with Crippen LogP contribution in [0.5, 0.6) is 0 Å². The van der Waals surface area contributed by atoms with E-state index in [0.29, 0.717) is 13.0 Å². The van der Waals surface area contributed by atoms with Crippen LogP contribution in [0.1, 0.15) is 46.5 Å². The summed E-state index contributed by atoms with van der Waals surface area (Å²) in [6.45, 7) is 5.32. The van der Waals surface area contributed by atoms with E-state index in [4.69, 9.17) is 0 Å². The lowest BCUT2D eigenvalue weighted by Crippen LogP contribution is -2.60. The van der Waals surface area contributed by atoms with Crippen LogP contribution in [0.2, 0.25) is 0 Å². The maximum absolute atomic E-state index is 13.8. The minimum atomic E-state index is -5.17. The zero-order chi connectivity index (χ0) is 28.0. The van der Waals surface area contributed by atoms with Crippen LogP contribution in [0, 0.1) is 46.3 Å². The molecule has 0 aromatic heterocycles. The third-order valence-corrected chi connectivity index (χ3v) is 8.44. The number of hydrogen-bond acceptors (Lipinski definition) is 5. The van der Waals surface area contributed by atoms with Gasteiger partial charge in [0.15, 0.2) is 0 Å². The SMILES string of the molecule is CC(C)(C)[C@H](NC(=O)C(F)(F)F)C(=O)N1C[C@@H]2[C@@H]([C@@H]3C=C[C@H]2CC3)[C@@H]1C(=O)N[C@H](C#N)C[C@@H]1CCNC1=O. The molecule has 0 unspecified atom stereocenters. The number of amides is 4. The molecule has 0 aromatic carbocycles. The highest BCUT2D eigenvalue weighted by molar-refractivity contribution is 5.94. The van der Waals surface area contributed by atoms with E-state index in [1.165, 1.54) is 4.90 Å². The van der Waals surface area contributed by atoms with Crippen LogP contribution in [0.3, 0.4) is 0 Å². The van der Waals surface area contributed by atoms with Crippen molar-refractivity contribution >= 4 is 23.6 Å². The zero-order valence-corrected chi connectivity index (χ0v) is 21.7. The summed E-state index contributed by atoms with van der Waals surface area (Å²) >= 11 is 0. The van der Waals surface area contributed by atoms with E-state index in [1.807, 2.05) is 17.5 Å². The summed E-state index contributed by atoms with van der Waals surface area (Å²) in [5, 5.41) is 17.0. The second kappa shape index (κ2) is 10.2. The van der Waals surface area contributed by atoms with Crippen molar-refractivity contribution in [2.45, 2.75) is 70.8 Å². The average molecular weight is 538 g/mol. The Bertz CT molecular complexity index is 1060. The molecule has 208 valence electrons. The molecular formula is C26H34F3N5O4. The van der Waals surface area contributed by atoms with Crippen LogP contribution in [0.15, 0.2) is 12.2 Å². The fraction of sp³-hybridized carbons (Fsp3) is 0.731. The van der Waals surface area contributed by atoms with Crippen LogP contribution in [-0.2, 0) is 19.2 Å². The minimum absolute atomic E-state index is 0.0116. The molecule has 0 radical (unpaired) electrons. The molecule has 2 bridgehead atoms. The molecule has 0 aromatic rings. The van der Waals surface area contributed by atoms with Crippen molar-refractivity contribution in [1.82, 2.24) is 20.9 Å². The lowest BCUT2D eigenvalue weighted by molar-refractivity contribution is -0.176. The van der Waals surface area contributed by atoms with Crippen molar-refractivity contribution in [2.75, 3.05) is 13.1 Å². The number of hydrogen-bond donors (Lipinski definition) is 3. The number of carbonyl (C=O) groups is 4. The molecule has 12 heteroatoms. The summed E-state index contributed by atoms with van der Waals surface area (Å²) in [6.07, 6.45) is 1.35. The number of rotatable bonds is 6. The first-order chi connectivity index (χ1) is 17.7. The Kier molecular flexibility index (Phi) is 7.51. The Morgan fingerprint density at radius 3 is 2.32 bits per heavy atom. The molecule has 4 amide bonds. The van der Waals surface area contributed by atoms with Crippen molar-refractivity contribution in [3.63, 3.8) is 0 Å². The number of nitriles is 1. The predicted octanol–water partition coefficient (Wildman–Crippen LogP) is 1.65. The summed E-state index contributed by atoms with van der Waals surface area (Å²) in [7, 11) is 0. The number of halogens is 3. The van der Waals surface area contributed by atoms with E-state index in [2.05, 4.69) is 16.7 Å². The van der Waals surface area contributed by atoms with Gasteiger partial charge in [-0.3, -0.25) is 19.2 Å². The van der Waals surface area contributed by atoms with Gasteiger partial charge in [-0.05, 0) is 54.8 Å². The maximum Gasteiger partial charge on any atom is 0.471 e. The molecule has 38 heavy (non-hydrogen) atoms. The van der Waals surface area contributed by atoms with Gasteiger partial charge in [0.05, 0.1) is 6.07 Å². The summed E-state index contributed by atoms with van der Waals surface area (Å²) in [6, 6.07) is -1.46. The fourth-order valence-electron chi connectivity index (χ4n) is 6.54. The molecule has 2 heterocycles. The van der Waals surface area contributed by atoms with Crippen LogP contribution in [-0.4, -0.2) is 65.9 Å². The Morgan fingerprint density at radius 1 is 1.13 bits per heavy atom. The maximum atomic E-state index is 13.8. The monoisotopic (exact) mass is 537 g/mol. The lowest BCUT2D eigenvalue weighted by Gasteiger charge is -2.42. The molecule has 1 saturated carbocycles. The van der Waals surface area contributed by atoms with Crippen molar-refractivity contribution < 1.29 is 32.3 Å². The van der Waals surface area contributed by atoms with Crippen LogP contribution >= 0.6 is 0 Å². The quantitative estimate of drug-likeness (QED) is 0.444. The normalized spacial score (nSPS) is 31.7. The molecule has 9 nitrogen and oxygen atoms in total. The van der Waals surface area contributed by atoms with Gasteiger partial charge >= 0.3 is 12.1 Å². The van der Waals surface area contributed by atoms with Crippen molar-refractivity contribution in [2.24, 2.45) is 35.0 Å². The average Bonchev–Trinajstić information content (AvgIpc) is 3.45. The zero-order valence-electron chi connectivity index (χ0n) is 21.7. The van der Waals surface area contributed by atoms with Crippen molar-refractivity contribution in [1.29, 1.82) is 5.26 Å². The third-order valence-electron chi connectivity index (χ3n) is 8.44. The number of fused-ring (bicyclic) bond motifs is 1. The van der Waals surface area contributed by atoms with E-state index in [-0.39, 0.29) is 42.5 Å². The van der Waals surface area contributed by atoms with Crippen molar-refractivity contribution in [3.05, 3.63) is 12.2 Å². The molecular weight excluding hydrogens is 503 g/mol. The van der Waals surface area contributed by atoms with E-state index in [9.17, 15) is 37.6 Å². The Balaban J connectivity index is 1.61. The first-order valence-electron chi connectivity index (χ1n) is 13.1. The van der Waals surface area contributed by atoms with Crippen molar-refractivity contribution in [3.8, 4) is 6.07 Å². The van der Waals surface area contributed by atoms with Gasteiger partial charge in [0.2, 0.25) is 17.7 Å². The fourth-order valence-corrected chi connectivity index (χ4v) is 6.54. The first kappa shape index (κ1) is 27.9. The summed E-state index contributed by atoms with van der Waals surface area (Å²) < 4.78 is 39.3. The van der Waals surface area contributed by atoms with E-state index < -0.39 is 53.4 Å². The third kappa shape index (κ3) is 5.38. The number of nitrogens with zero attached hydrogens (tertiary/aromatic N) is 2. The van der Waals surface area contributed by atoms with Gasteiger partial charge in [0.1, 0.15) is 18.1 Å². The molecule has 0 spiro atoms. The predicted molar refractivity (Wildman–Crippen MR) is 129 cm³/mol. The van der Waals surface area contributed by atoms with Gasteiger partial charge < -0.3 is 20.9 Å². The molecule has 2 saturated heterocycles. The number of alkyl halides is 3. The molecule has 2 aliphatic heterocycles. The second-order valence-corrected chi connectivity index (χ2v) is 11.9. The highest BCUT2D eigenvalue weighted by Gasteiger charge is 2.57. The standard InChI is InChI=1S/C26H34F3N5O4/c1-25(2,3)20(33-24(38)26(27,28)29)23(37)34-12-17-13-4-6-14(7-5-13)18(17)19(34)22(36)32-16(11-30)10-15-8-9-31-21(15)35/h4,6,13-20H,5,7-10,12H2,1-3H3,(H,31,35)(H,32,36)(H,33,38)/t13-,14+,15-,16-,17-,18+,19+,20+/m0/s1. The van der Waals surface area contributed by atoms with Gasteiger partial charge in [-0.15, -0.1) is 0 Å². The van der Waals surface area contributed by atoms with E-state index in [0.717, 1.165) is 12.8 Å². The van der Waals surface area contributed by atoms with Gasteiger partial charge in [0, 0.05) is 19.0 Å². The highest BCUT2D eigenvalue weighted by atomic mass is 19.4. The lowest BCUT2D eigenvalue weighted by atomic mass is 9.62. The van der Waals surface area contributed by atoms with Gasteiger partial charge in [-0.2, -0.15) is 18.4 Å². The number of allylic oxidation sites excluding steroid dienone is 2. The number of carbonyl (C=O) groups excluding carboxylic acids is 4. The minimum Gasteiger partial charge on any atom is -0.356 e. The molecule has 5 aliphatic rings. The Hall–Kier alpha value is -3.10. The van der Waals surface area contributed by atoms with E-state index >= 15 is 0 Å². The van der Waals surface area contributed by atoms with Crippen LogP contribution in [0.4, 0.5) is 13.2 Å². The Morgan fingerprint density at radius 2 is 1.79 bits per heavy atom. The molecule has 8 atom stereocenters. The molecule has 3 fully saturated rings. The number of nitrogens with one attached hydrogen (secondary N) is 3. The molecule has 5 rings (SSSR count). The molecule has 3 N–H and O–H groups in total. The summed E-state index contributed by atoms with van der Waals surface area (Å²) in [4.78, 5) is 52.7. The van der Waals surface area contributed by atoms with Gasteiger partial charge in [0.25, 0.3) is 0 Å². The molecule has 3 aliphatic carbocycles. The Labute approximate surface area is 219 Å². The van der Waals surface area contributed by atoms with Gasteiger partial charge in [-0.1, -0.05) is 32.9 Å². The second-order valence-electron chi connectivity index (χ2n) is 11.9. The number of likely N-dealkylation sites (tertiary alicyclic amines) is 1. The van der Waals surface area contributed by atoms with Crippen LogP contribution in [0.25, 0.3) is 0 Å². The largest absolute Gasteiger partial charge is 0.471 e.